The number of ether oxygens (including phenoxy) is 2. The van der Waals surface area contributed by atoms with Gasteiger partial charge in [-0.1, -0.05) is 23.8 Å². The number of benzene rings is 2. The first kappa shape index (κ1) is 17.5. The molecule has 0 unspecified atom stereocenters. The number of anilines is 1. The number of hydrogen-bond acceptors (Lipinski definition) is 3. The van der Waals surface area contributed by atoms with E-state index in [0.29, 0.717) is 5.75 Å². The molecule has 0 fully saturated rings. The zero-order valence-electron chi connectivity index (χ0n) is 13.3. The molecule has 0 saturated heterocycles. The maximum Gasteiger partial charge on any atom is 0.387 e. The largest absolute Gasteiger partial charge is 0.496 e. The van der Waals surface area contributed by atoms with Crippen molar-refractivity contribution in [3.8, 4) is 11.5 Å². The molecule has 0 spiro atoms. The molecule has 24 heavy (non-hydrogen) atoms. The third-order valence-corrected chi connectivity index (χ3v) is 3.16. The molecule has 0 atom stereocenters. The van der Waals surface area contributed by atoms with Gasteiger partial charge in [-0.25, -0.2) is 0 Å². The summed E-state index contributed by atoms with van der Waals surface area (Å²) in [6.45, 7) is -1.04. The molecule has 0 aromatic heterocycles. The number of para-hydroxylation sites is 2. The van der Waals surface area contributed by atoms with E-state index in [2.05, 4.69) is 10.1 Å². The van der Waals surface area contributed by atoms with Crippen molar-refractivity contribution in [2.45, 2.75) is 13.5 Å². The molecule has 1 N–H and O–H groups in total. The minimum absolute atomic E-state index is 0.0950. The van der Waals surface area contributed by atoms with Gasteiger partial charge in [-0.3, -0.25) is 4.79 Å². The van der Waals surface area contributed by atoms with Crippen LogP contribution in [-0.2, 0) is 4.79 Å². The first-order chi connectivity index (χ1) is 11.5. The first-order valence-electron chi connectivity index (χ1n) is 7.17. The normalized spacial score (nSPS) is 10.9. The number of carbonyl (C=O) groups is 1. The number of nitrogens with one attached hydrogen (secondary N) is 1. The van der Waals surface area contributed by atoms with E-state index in [1.807, 2.05) is 19.1 Å². The Kier molecular flexibility index (Phi) is 5.89. The first-order valence-corrected chi connectivity index (χ1v) is 7.17. The molecule has 0 heterocycles. The van der Waals surface area contributed by atoms with Gasteiger partial charge in [-0.15, -0.1) is 0 Å². The number of methoxy groups -OCH3 is 1. The van der Waals surface area contributed by atoms with Crippen LogP contribution in [-0.4, -0.2) is 19.6 Å². The number of hydrogen-bond donors (Lipinski definition) is 1. The Labute approximate surface area is 138 Å². The molecule has 2 aromatic rings. The van der Waals surface area contributed by atoms with E-state index < -0.39 is 12.5 Å². The summed E-state index contributed by atoms with van der Waals surface area (Å²) in [7, 11) is 1.54. The van der Waals surface area contributed by atoms with Crippen LogP contribution in [0.15, 0.2) is 48.5 Å². The minimum atomic E-state index is -2.96. The summed E-state index contributed by atoms with van der Waals surface area (Å²) < 4.78 is 34.3. The Hall–Kier alpha value is -2.89. The highest BCUT2D eigenvalue weighted by atomic mass is 19.3. The third-order valence-electron chi connectivity index (χ3n) is 3.16. The zero-order valence-corrected chi connectivity index (χ0v) is 13.3. The highest BCUT2D eigenvalue weighted by Gasteiger charge is 2.10. The van der Waals surface area contributed by atoms with Crippen LogP contribution >= 0.6 is 0 Å². The molecule has 0 aliphatic rings. The standard InChI is InChI=1S/C18H17F2NO3/c1-12-7-9-15(23-2)13(11-12)8-10-17(22)21-14-5-3-4-6-16(14)24-18(19)20/h3-11,18H,1-2H3,(H,21,22)/b10-8+. The van der Waals surface area contributed by atoms with Crippen LogP contribution in [0, 0.1) is 6.92 Å². The van der Waals surface area contributed by atoms with Crippen molar-refractivity contribution in [2.24, 2.45) is 0 Å². The highest BCUT2D eigenvalue weighted by Crippen LogP contribution is 2.26. The van der Waals surface area contributed by atoms with E-state index >= 15 is 0 Å². The fourth-order valence-electron chi connectivity index (χ4n) is 2.09. The molecule has 0 bridgehead atoms. The maximum atomic E-state index is 12.4. The molecule has 0 radical (unpaired) electrons. The molecule has 6 heteroatoms. The fourth-order valence-corrected chi connectivity index (χ4v) is 2.09. The van der Waals surface area contributed by atoms with Crippen LogP contribution in [0.2, 0.25) is 0 Å². The van der Waals surface area contributed by atoms with Gasteiger partial charge >= 0.3 is 6.61 Å². The van der Waals surface area contributed by atoms with Crippen LogP contribution in [0.25, 0.3) is 6.08 Å². The van der Waals surface area contributed by atoms with Crippen molar-refractivity contribution in [3.63, 3.8) is 0 Å². The summed E-state index contributed by atoms with van der Waals surface area (Å²) in [5, 5.41) is 2.51. The van der Waals surface area contributed by atoms with E-state index in [4.69, 9.17) is 4.74 Å². The second-order valence-electron chi connectivity index (χ2n) is 4.94. The van der Waals surface area contributed by atoms with Gasteiger partial charge in [0.25, 0.3) is 0 Å². The average Bonchev–Trinajstić information content (AvgIpc) is 2.54. The zero-order chi connectivity index (χ0) is 17.5. The molecule has 0 aliphatic heterocycles. The van der Waals surface area contributed by atoms with E-state index in [9.17, 15) is 13.6 Å². The lowest BCUT2D eigenvalue weighted by atomic mass is 10.1. The van der Waals surface area contributed by atoms with Gasteiger partial charge in [-0.05, 0) is 37.3 Å². The summed E-state index contributed by atoms with van der Waals surface area (Å²) in [4.78, 5) is 12.0. The number of halogens is 2. The van der Waals surface area contributed by atoms with Crippen LogP contribution in [0.5, 0.6) is 11.5 Å². The topological polar surface area (TPSA) is 47.6 Å². The van der Waals surface area contributed by atoms with Gasteiger partial charge in [0.1, 0.15) is 11.5 Å². The van der Waals surface area contributed by atoms with Gasteiger partial charge < -0.3 is 14.8 Å². The summed E-state index contributed by atoms with van der Waals surface area (Å²) in [6.07, 6.45) is 2.90. The van der Waals surface area contributed by atoms with E-state index in [1.54, 1.807) is 31.4 Å². The lowest BCUT2D eigenvalue weighted by molar-refractivity contribution is -0.111. The molecule has 2 aromatic carbocycles. The molecule has 1 amide bonds. The van der Waals surface area contributed by atoms with Gasteiger partial charge in [-0.2, -0.15) is 8.78 Å². The van der Waals surface area contributed by atoms with E-state index in [-0.39, 0.29) is 11.4 Å². The molecule has 0 saturated carbocycles. The minimum Gasteiger partial charge on any atom is -0.496 e. The van der Waals surface area contributed by atoms with Crippen molar-refractivity contribution >= 4 is 17.7 Å². The van der Waals surface area contributed by atoms with Crippen molar-refractivity contribution in [2.75, 3.05) is 12.4 Å². The van der Waals surface area contributed by atoms with Crippen LogP contribution in [0.1, 0.15) is 11.1 Å². The molecular formula is C18H17F2NO3. The predicted molar refractivity (Wildman–Crippen MR) is 88.5 cm³/mol. The van der Waals surface area contributed by atoms with Crippen molar-refractivity contribution in [3.05, 3.63) is 59.7 Å². The highest BCUT2D eigenvalue weighted by molar-refractivity contribution is 6.02. The van der Waals surface area contributed by atoms with Gasteiger partial charge in [0, 0.05) is 11.6 Å². The monoisotopic (exact) mass is 333 g/mol. The van der Waals surface area contributed by atoms with Crippen LogP contribution in [0.3, 0.4) is 0 Å². The van der Waals surface area contributed by atoms with Crippen molar-refractivity contribution in [1.29, 1.82) is 0 Å². The Morgan fingerprint density at radius 3 is 2.62 bits per heavy atom. The average molecular weight is 333 g/mol. The van der Waals surface area contributed by atoms with Gasteiger partial charge in [0.2, 0.25) is 5.91 Å². The SMILES string of the molecule is COc1ccc(C)cc1/C=C/C(=O)Nc1ccccc1OC(F)F. The molecule has 126 valence electrons. The second kappa shape index (κ2) is 8.10. The molecular weight excluding hydrogens is 316 g/mol. The van der Waals surface area contributed by atoms with Crippen LogP contribution in [0.4, 0.5) is 14.5 Å². The lowest BCUT2D eigenvalue weighted by Gasteiger charge is -2.10. The van der Waals surface area contributed by atoms with E-state index in [1.165, 1.54) is 18.2 Å². The second-order valence-corrected chi connectivity index (χ2v) is 4.94. The molecule has 0 aliphatic carbocycles. The van der Waals surface area contributed by atoms with Crippen LogP contribution < -0.4 is 14.8 Å². The van der Waals surface area contributed by atoms with Crippen molar-refractivity contribution < 1.29 is 23.0 Å². The Balaban J connectivity index is 2.13. The smallest absolute Gasteiger partial charge is 0.387 e. The number of rotatable bonds is 6. The van der Waals surface area contributed by atoms with E-state index in [0.717, 1.165) is 11.1 Å². The Morgan fingerprint density at radius 2 is 1.92 bits per heavy atom. The van der Waals surface area contributed by atoms with Gasteiger partial charge in [0.05, 0.1) is 12.8 Å². The fraction of sp³-hybridized carbons (Fsp3) is 0.167. The number of amides is 1. The third kappa shape index (κ3) is 4.81. The summed E-state index contributed by atoms with van der Waals surface area (Å²) in [6, 6.07) is 11.6. The quantitative estimate of drug-likeness (QED) is 0.804. The Bertz CT molecular complexity index is 745. The number of alkyl halides is 2. The molecule has 4 nitrogen and oxygen atoms in total. The Morgan fingerprint density at radius 1 is 1.17 bits per heavy atom. The summed E-state index contributed by atoms with van der Waals surface area (Å²) in [5.74, 6) is 0.0670. The van der Waals surface area contributed by atoms with Crippen molar-refractivity contribution in [1.82, 2.24) is 0 Å². The summed E-state index contributed by atoms with van der Waals surface area (Å²) in [5.41, 5.74) is 1.93. The molecule has 2 rings (SSSR count). The number of aryl methyl sites for hydroxylation is 1. The lowest BCUT2D eigenvalue weighted by Crippen LogP contribution is -2.11. The van der Waals surface area contributed by atoms with Gasteiger partial charge in [0.15, 0.2) is 0 Å². The number of carbonyl (C=O) groups excluding carboxylic acids is 1. The maximum absolute atomic E-state index is 12.4. The summed E-state index contributed by atoms with van der Waals surface area (Å²) >= 11 is 0. The predicted octanol–water partition coefficient (Wildman–Crippen LogP) is 4.26.